The van der Waals surface area contributed by atoms with Gasteiger partial charge in [-0.3, -0.25) is 0 Å². The normalized spacial score (nSPS) is 14.3. The molecule has 0 spiro atoms. The van der Waals surface area contributed by atoms with Gasteiger partial charge in [0.05, 0.1) is 5.69 Å². The van der Waals surface area contributed by atoms with E-state index in [4.69, 9.17) is 4.42 Å². The van der Waals surface area contributed by atoms with E-state index in [-0.39, 0.29) is 23.0 Å². The van der Waals surface area contributed by atoms with E-state index in [0.29, 0.717) is 11.8 Å². The summed E-state index contributed by atoms with van der Waals surface area (Å²) in [6, 6.07) is 61.3. The van der Waals surface area contributed by atoms with Crippen molar-refractivity contribution in [2.45, 2.75) is 150 Å². The Hall–Kier alpha value is -6.78. The van der Waals surface area contributed by atoms with E-state index in [0.717, 1.165) is 53.3 Å². The number of nitrogens with zero attached hydrogens (tertiary/aromatic N) is 2. The molecule has 0 fully saturated rings. The number of benzene rings is 8. The molecule has 0 N–H and O–H groups in total. The second-order valence-electron chi connectivity index (χ2n) is 25.2. The van der Waals surface area contributed by atoms with Crippen LogP contribution in [0.1, 0.15) is 162 Å². The predicted molar refractivity (Wildman–Crippen MR) is 326 cm³/mol. The first-order valence-corrected chi connectivity index (χ1v) is 28.2. The van der Waals surface area contributed by atoms with Crippen molar-refractivity contribution in [3.8, 4) is 22.3 Å². The summed E-state index contributed by atoms with van der Waals surface area (Å²) >= 11 is 0. The number of furan rings is 1. The van der Waals surface area contributed by atoms with E-state index >= 15 is 0 Å². The number of fused-ring (bicyclic) bond motifs is 7. The van der Waals surface area contributed by atoms with Gasteiger partial charge in [0.25, 0.3) is 6.71 Å². The van der Waals surface area contributed by atoms with Gasteiger partial charge < -0.3 is 14.2 Å². The summed E-state index contributed by atoms with van der Waals surface area (Å²) in [7, 11) is 0. The molecular formula is C71H77BN2O. The van der Waals surface area contributed by atoms with Gasteiger partial charge in [-0.2, -0.15) is 0 Å². The van der Waals surface area contributed by atoms with Crippen molar-refractivity contribution in [1.29, 1.82) is 0 Å². The molecule has 0 radical (unpaired) electrons. The minimum absolute atomic E-state index is 0.00570. The molecule has 4 heteroatoms. The molecule has 0 saturated carbocycles. The Kier molecular flexibility index (Phi) is 12.8. The van der Waals surface area contributed by atoms with Gasteiger partial charge in [-0.1, -0.05) is 206 Å². The van der Waals surface area contributed by atoms with Crippen molar-refractivity contribution in [1.82, 2.24) is 0 Å². The van der Waals surface area contributed by atoms with Gasteiger partial charge in [-0.25, -0.2) is 0 Å². The molecule has 8 aromatic carbocycles. The van der Waals surface area contributed by atoms with E-state index in [9.17, 15) is 0 Å². The summed E-state index contributed by atoms with van der Waals surface area (Å²) in [4.78, 5) is 5.25. The van der Waals surface area contributed by atoms with Crippen LogP contribution in [-0.2, 0) is 16.2 Å². The molecule has 2 aliphatic heterocycles. The van der Waals surface area contributed by atoms with Crippen molar-refractivity contribution >= 4 is 79.2 Å². The Morgan fingerprint density at radius 3 is 1.68 bits per heavy atom. The second kappa shape index (κ2) is 19.1. The van der Waals surface area contributed by atoms with Crippen LogP contribution in [0, 0.1) is 0 Å². The van der Waals surface area contributed by atoms with E-state index in [1.54, 1.807) is 0 Å². The molecule has 9 aromatic rings. The zero-order chi connectivity index (χ0) is 52.7. The molecule has 0 aliphatic carbocycles. The summed E-state index contributed by atoms with van der Waals surface area (Å²) in [5.74, 6) is 0.965. The molecule has 0 bridgehead atoms. The SMILES string of the molecule is CCCC(C)c1ccc(N2c3cc4oc5cc(C(C)(C)C)ccc5c4cc3B3c4cc(C(C)(C)C)ccc4N(c4ccc(C(CC)CCC)cc4-c4ccc(-c5ccccc5)cc4)c4cc(C(C)(C)C)cc2c43)cc1. The smallest absolute Gasteiger partial charge is 0.252 e. The Morgan fingerprint density at radius 1 is 0.453 bits per heavy atom. The van der Waals surface area contributed by atoms with E-state index in [2.05, 4.69) is 258 Å². The molecule has 1 aromatic heterocycles. The van der Waals surface area contributed by atoms with Gasteiger partial charge in [0.2, 0.25) is 0 Å². The second-order valence-corrected chi connectivity index (χ2v) is 25.2. The first-order valence-electron chi connectivity index (χ1n) is 28.2. The van der Waals surface area contributed by atoms with Crippen molar-refractivity contribution in [3.05, 3.63) is 186 Å². The van der Waals surface area contributed by atoms with Crippen LogP contribution in [0.5, 0.6) is 0 Å². The Labute approximate surface area is 449 Å². The zero-order valence-corrected chi connectivity index (χ0v) is 47.1. The highest BCUT2D eigenvalue weighted by molar-refractivity contribution is 7.00. The average molecular weight is 985 g/mol. The lowest BCUT2D eigenvalue weighted by Gasteiger charge is -2.45. The van der Waals surface area contributed by atoms with Gasteiger partial charge in [0.1, 0.15) is 11.2 Å². The molecule has 2 aliphatic rings. The van der Waals surface area contributed by atoms with Crippen LogP contribution in [0.15, 0.2) is 162 Å². The van der Waals surface area contributed by atoms with Gasteiger partial charge in [-0.15, -0.1) is 0 Å². The maximum Gasteiger partial charge on any atom is 0.252 e. The fourth-order valence-corrected chi connectivity index (χ4v) is 12.4. The van der Waals surface area contributed by atoms with Gasteiger partial charge in [0.15, 0.2) is 0 Å². The summed E-state index contributed by atoms with van der Waals surface area (Å²) in [6.07, 6.45) is 5.75. The minimum atomic E-state index is -0.156. The molecule has 0 amide bonds. The third-order valence-corrected chi connectivity index (χ3v) is 16.9. The van der Waals surface area contributed by atoms with E-state index < -0.39 is 0 Å². The molecular weight excluding hydrogens is 908 g/mol. The first kappa shape index (κ1) is 50.4. The lowest BCUT2D eigenvalue weighted by molar-refractivity contribution is 0.587. The van der Waals surface area contributed by atoms with Crippen molar-refractivity contribution in [2.24, 2.45) is 0 Å². The highest BCUT2D eigenvalue weighted by Gasteiger charge is 2.45. The maximum atomic E-state index is 7.00. The van der Waals surface area contributed by atoms with Crippen molar-refractivity contribution < 1.29 is 4.42 Å². The molecule has 11 rings (SSSR count). The Bertz CT molecular complexity index is 3580. The predicted octanol–water partition coefficient (Wildman–Crippen LogP) is 19.1. The minimum Gasteiger partial charge on any atom is -0.456 e. The quantitative estimate of drug-likeness (QED) is 0.120. The number of hydrogen-bond acceptors (Lipinski definition) is 3. The van der Waals surface area contributed by atoms with Crippen LogP contribution in [0.4, 0.5) is 34.1 Å². The third-order valence-electron chi connectivity index (χ3n) is 16.9. The molecule has 3 nitrogen and oxygen atoms in total. The lowest BCUT2D eigenvalue weighted by atomic mass is 9.33. The van der Waals surface area contributed by atoms with Crippen LogP contribution >= 0.6 is 0 Å². The Morgan fingerprint density at radius 2 is 1.03 bits per heavy atom. The van der Waals surface area contributed by atoms with Crippen LogP contribution < -0.4 is 26.2 Å². The first-order chi connectivity index (χ1) is 35.9. The van der Waals surface area contributed by atoms with Gasteiger partial charge >= 0.3 is 0 Å². The molecule has 2 atom stereocenters. The standard InChI is InChI=1S/C71H77BN2O/c1-14-20-45(4)47-28-33-55(34-29-47)73-63-44-67-58(56-35-31-53(70(8,9)10)42-66(56)75-67)43-60(63)72-59-39-52(69(5,6)7)32-37-62(59)74(65-41-54(71(11,12)13)40-64(73)68(65)72)61-36-30-51(46(16-3)21-15-2)38-57(61)50-26-24-49(25-27-50)48-22-18-17-19-23-48/h17-19,22-46H,14-16,20-21H2,1-13H3. The highest BCUT2D eigenvalue weighted by Crippen LogP contribution is 2.50. The molecule has 75 heavy (non-hydrogen) atoms. The summed E-state index contributed by atoms with van der Waals surface area (Å²) in [5, 5.41) is 2.32. The number of hydrogen-bond donors (Lipinski definition) is 0. The van der Waals surface area contributed by atoms with E-state index in [1.165, 1.54) is 101 Å². The topological polar surface area (TPSA) is 19.6 Å². The fraction of sp³-hybridized carbons (Fsp3) is 0.324. The molecule has 2 unspecified atom stereocenters. The third kappa shape index (κ3) is 9.00. The molecule has 0 saturated heterocycles. The van der Waals surface area contributed by atoms with Crippen LogP contribution in [0.25, 0.3) is 44.2 Å². The number of anilines is 6. The number of rotatable bonds is 11. The maximum absolute atomic E-state index is 7.00. The van der Waals surface area contributed by atoms with Gasteiger partial charge in [0, 0.05) is 50.8 Å². The van der Waals surface area contributed by atoms with E-state index in [1.807, 2.05) is 0 Å². The van der Waals surface area contributed by atoms with Crippen LogP contribution in [0.2, 0.25) is 0 Å². The summed E-state index contributed by atoms with van der Waals surface area (Å²) in [5.41, 5.74) is 24.5. The van der Waals surface area contributed by atoms with Crippen LogP contribution in [-0.4, -0.2) is 6.71 Å². The fourth-order valence-electron chi connectivity index (χ4n) is 12.4. The lowest BCUT2D eigenvalue weighted by Crippen LogP contribution is -2.61. The molecule has 3 heterocycles. The Balaban J connectivity index is 1.24. The summed E-state index contributed by atoms with van der Waals surface area (Å²) in [6.45, 7) is 30.3. The van der Waals surface area contributed by atoms with Crippen LogP contribution in [0.3, 0.4) is 0 Å². The summed E-state index contributed by atoms with van der Waals surface area (Å²) < 4.78 is 7.00. The van der Waals surface area contributed by atoms with Gasteiger partial charge in [-0.05, 0) is 157 Å². The molecule has 380 valence electrons. The van der Waals surface area contributed by atoms with Crippen molar-refractivity contribution in [2.75, 3.05) is 9.80 Å². The largest absolute Gasteiger partial charge is 0.456 e. The highest BCUT2D eigenvalue weighted by atomic mass is 16.3. The zero-order valence-electron chi connectivity index (χ0n) is 47.1. The monoisotopic (exact) mass is 985 g/mol. The van der Waals surface area contributed by atoms with Crippen molar-refractivity contribution in [3.63, 3.8) is 0 Å². The average Bonchev–Trinajstić information content (AvgIpc) is 3.80.